The van der Waals surface area contributed by atoms with Crippen LogP contribution in [0, 0.1) is 13.8 Å². The third kappa shape index (κ3) is 3.36. The van der Waals surface area contributed by atoms with Gasteiger partial charge < -0.3 is 9.88 Å². The Hall–Kier alpha value is -1.87. The third-order valence-corrected chi connectivity index (χ3v) is 3.66. The summed E-state index contributed by atoms with van der Waals surface area (Å²) >= 11 is 0. The fraction of sp³-hybridized carbons (Fsp3) is 0.353. The van der Waals surface area contributed by atoms with E-state index in [4.69, 9.17) is 0 Å². The molecule has 1 aromatic heterocycles. The molecule has 0 spiro atoms. The Labute approximate surface area is 120 Å². The van der Waals surface area contributed by atoms with E-state index in [-0.39, 0.29) is 11.6 Å². The predicted octanol–water partition coefficient (Wildman–Crippen LogP) is 2.82. The average Bonchev–Trinajstić information content (AvgIpc) is 2.44. The molecule has 106 valence electrons. The van der Waals surface area contributed by atoms with Crippen LogP contribution in [0.5, 0.6) is 0 Å². The van der Waals surface area contributed by atoms with Crippen LogP contribution in [0.4, 0.5) is 0 Å². The van der Waals surface area contributed by atoms with Crippen molar-refractivity contribution in [2.24, 2.45) is 0 Å². The number of benzene rings is 1. The number of nitrogens with zero attached hydrogens (tertiary/aromatic N) is 1. The number of hydrogen-bond donors (Lipinski definition) is 1. The first-order valence-corrected chi connectivity index (χ1v) is 7.08. The summed E-state index contributed by atoms with van der Waals surface area (Å²) in [6.07, 6.45) is 1.84. The normalized spacial score (nSPS) is 12.3. The summed E-state index contributed by atoms with van der Waals surface area (Å²) < 4.78 is 1.75. The van der Waals surface area contributed by atoms with Crippen molar-refractivity contribution >= 4 is 0 Å². The summed E-state index contributed by atoms with van der Waals surface area (Å²) in [5.41, 5.74) is 3.84. The van der Waals surface area contributed by atoms with Gasteiger partial charge in [-0.3, -0.25) is 4.79 Å². The SMILES string of the molecule is CCNC(Cn1ccccc1=O)c1ccc(C)c(C)c1. The minimum atomic E-state index is 0.0410. The fourth-order valence-corrected chi connectivity index (χ4v) is 2.32. The zero-order valence-corrected chi connectivity index (χ0v) is 12.4. The molecule has 1 atom stereocenters. The molecular formula is C17H22N2O. The summed E-state index contributed by atoms with van der Waals surface area (Å²) in [5, 5.41) is 3.46. The summed E-state index contributed by atoms with van der Waals surface area (Å²) in [4.78, 5) is 11.8. The van der Waals surface area contributed by atoms with E-state index in [1.807, 2.05) is 12.3 Å². The van der Waals surface area contributed by atoms with E-state index in [0.29, 0.717) is 6.54 Å². The third-order valence-electron chi connectivity index (χ3n) is 3.66. The maximum atomic E-state index is 11.8. The molecule has 3 nitrogen and oxygen atoms in total. The van der Waals surface area contributed by atoms with E-state index in [1.54, 1.807) is 16.7 Å². The molecule has 0 aliphatic rings. The van der Waals surface area contributed by atoms with Gasteiger partial charge in [0.15, 0.2) is 0 Å². The van der Waals surface area contributed by atoms with Gasteiger partial charge in [0.05, 0.1) is 6.04 Å². The predicted molar refractivity (Wildman–Crippen MR) is 83.0 cm³/mol. The van der Waals surface area contributed by atoms with Crippen molar-refractivity contribution in [3.63, 3.8) is 0 Å². The van der Waals surface area contributed by atoms with Crippen LogP contribution < -0.4 is 10.9 Å². The number of rotatable bonds is 5. The second-order valence-electron chi connectivity index (χ2n) is 5.15. The summed E-state index contributed by atoms with van der Waals surface area (Å²) in [6.45, 7) is 7.84. The zero-order chi connectivity index (χ0) is 14.5. The van der Waals surface area contributed by atoms with Crippen LogP contribution in [0.3, 0.4) is 0 Å². The molecule has 0 aliphatic heterocycles. The highest BCUT2D eigenvalue weighted by atomic mass is 16.1. The van der Waals surface area contributed by atoms with Gasteiger partial charge >= 0.3 is 0 Å². The molecule has 1 heterocycles. The highest BCUT2D eigenvalue weighted by Crippen LogP contribution is 2.18. The van der Waals surface area contributed by atoms with E-state index >= 15 is 0 Å². The van der Waals surface area contributed by atoms with Gasteiger partial charge in [-0.15, -0.1) is 0 Å². The molecule has 0 saturated heterocycles. The summed E-state index contributed by atoms with van der Waals surface area (Å²) in [5.74, 6) is 0. The minimum absolute atomic E-state index is 0.0410. The molecule has 3 heteroatoms. The number of nitrogens with one attached hydrogen (secondary N) is 1. The monoisotopic (exact) mass is 270 g/mol. The van der Waals surface area contributed by atoms with Crippen molar-refractivity contribution in [3.8, 4) is 0 Å². The molecule has 0 saturated carbocycles. The van der Waals surface area contributed by atoms with Crippen LogP contribution in [-0.2, 0) is 6.54 Å². The standard InChI is InChI=1S/C17H22N2O/c1-4-18-16(12-19-10-6-5-7-17(19)20)15-9-8-13(2)14(3)11-15/h5-11,16,18H,4,12H2,1-3H3. The first-order chi connectivity index (χ1) is 9.61. The molecule has 0 amide bonds. The first kappa shape index (κ1) is 14.5. The molecule has 2 aromatic rings. The lowest BCUT2D eigenvalue weighted by Gasteiger charge is -2.20. The molecule has 20 heavy (non-hydrogen) atoms. The quantitative estimate of drug-likeness (QED) is 0.906. The Morgan fingerprint density at radius 1 is 1.15 bits per heavy atom. The summed E-state index contributed by atoms with van der Waals surface area (Å²) in [7, 11) is 0. The highest BCUT2D eigenvalue weighted by Gasteiger charge is 2.12. The largest absolute Gasteiger partial charge is 0.314 e. The summed E-state index contributed by atoms with van der Waals surface area (Å²) in [6, 6.07) is 11.9. The molecule has 1 N–H and O–H groups in total. The Kier molecular flexibility index (Phi) is 4.74. The second kappa shape index (κ2) is 6.53. The lowest BCUT2D eigenvalue weighted by molar-refractivity contribution is 0.467. The maximum Gasteiger partial charge on any atom is 0.250 e. The second-order valence-corrected chi connectivity index (χ2v) is 5.15. The van der Waals surface area contributed by atoms with Crippen LogP contribution in [0.25, 0.3) is 0 Å². The van der Waals surface area contributed by atoms with Gasteiger partial charge in [-0.05, 0) is 43.1 Å². The van der Waals surface area contributed by atoms with Crippen LogP contribution in [-0.4, -0.2) is 11.1 Å². The van der Waals surface area contributed by atoms with Crippen molar-refractivity contribution < 1.29 is 0 Å². The number of likely N-dealkylation sites (N-methyl/N-ethyl adjacent to an activating group) is 1. The Balaban J connectivity index is 2.29. The molecule has 0 radical (unpaired) electrons. The van der Waals surface area contributed by atoms with Crippen molar-refractivity contribution in [1.82, 2.24) is 9.88 Å². The van der Waals surface area contributed by atoms with Crippen molar-refractivity contribution in [1.29, 1.82) is 0 Å². The van der Waals surface area contributed by atoms with E-state index in [9.17, 15) is 4.79 Å². The fourth-order valence-electron chi connectivity index (χ4n) is 2.32. The molecule has 0 bridgehead atoms. The van der Waals surface area contributed by atoms with Crippen LogP contribution >= 0.6 is 0 Å². The Morgan fingerprint density at radius 2 is 1.95 bits per heavy atom. The van der Waals surface area contributed by atoms with Gasteiger partial charge in [-0.25, -0.2) is 0 Å². The van der Waals surface area contributed by atoms with E-state index in [1.165, 1.54) is 16.7 Å². The minimum Gasteiger partial charge on any atom is -0.314 e. The van der Waals surface area contributed by atoms with Crippen molar-refractivity contribution in [2.45, 2.75) is 33.4 Å². The molecule has 0 aliphatic carbocycles. The molecular weight excluding hydrogens is 248 g/mol. The van der Waals surface area contributed by atoms with Gasteiger partial charge in [0, 0.05) is 18.8 Å². The topological polar surface area (TPSA) is 34.0 Å². The van der Waals surface area contributed by atoms with Crippen molar-refractivity contribution in [2.75, 3.05) is 6.54 Å². The van der Waals surface area contributed by atoms with E-state index < -0.39 is 0 Å². The molecule has 1 aromatic carbocycles. The van der Waals surface area contributed by atoms with Gasteiger partial charge in [-0.1, -0.05) is 31.2 Å². The van der Waals surface area contributed by atoms with Crippen LogP contribution in [0.15, 0.2) is 47.4 Å². The van der Waals surface area contributed by atoms with E-state index in [2.05, 4.69) is 44.3 Å². The smallest absolute Gasteiger partial charge is 0.250 e. The van der Waals surface area contributed by atoms with Gasteiger partial charge in [-0.2, -0.15) is 0 Å². The van der Waals surface area contributed by atoms with Gasteiger partial charge in [0.1, 0.15) is 0 Å². The lowest BCUT2D eigenvalue weighted by atomic mass is 10.0. The van der Waals surface area contributed by atoms with Crippen LogP contribution in [0.2, 0.25) is 0 Å². The Morgan fingerprint density at radius 3 is 2.60 bits per heavy atom. The maximum absolute atomic E-state index is 11.8. The number of hydrogen-bond acceptors (Lipinski definition) is 2. The molecule has 1 unspecified atom stereocenters. The Bertz CT molecular complexity index is 631. The van der Waals surface area contributed by atoms with Gasteiger partial charge in [0.2, 0.25) is 0 Å². The van der Waals surface area contributed by atoms with E-state index in [0.717, 1.165) is 6.54 Å². The first-order valence-electron chi connectivity index (χ1n) is 7.08. The highest BCUT2D eigenvalue weighted by molar-refractivity contribution is 5.31. The lowest BCUT2D eigenvalue weighted by Crippen LogP contribution is -2.29. The number of aryl methyl sites for hydroxylation is 2. The van der Waals surface area contributed by atoms with Crippen molar-refractivity contribution in [3.05, 3.63) is 69.6 Å². The van der Waals surface area contributed by atoms with Gasteiger partial charge in [0.25, 0.3) is 5.56 Å². The number of pyridine rings is 1. The van der Waals surface area contributed by atoms with Crippen LogP contribution in [0.1, 0.15) is 29.7 Å². The number of aromatic nitrogens is 1. The average molecular weight is 270 g/mol. The molecule has 0 fully saturated rings. The zero-order valence-electron chi connectivity index (χ0n) is 12.4. The molecule has 2 rings (SSSR count).